The van der Waals surface area contributed by atoms with Crippen molar-refractivity contribution in [2.45, 2.75) is 38.3 Å². The van der Waals surface area contributed by atoms with E-state index < -0.39 is 55.1 Å². The Bertz CT molecular complexity index is 827. The number of alkyl halides is 6. The Kier molecular flexibility index (Phi) is 4.63. The minimum Gasteiger partial charge on any atom is -0.389 e. The first-order valence-electron chi connectivity index (χ1n) is 7.38. The van der Waals surface area contributed by atoms with Crippen LogP contribution in [-0.4, -0.2) is 43.2 Å². The Morgan fingerprint density at radius 3 is 2.50 bits per heavy atom. The normalized spacial score (nSPS) is 19.1. The first-order chi connectivity index (χ1) is 12.0. The fourth-order valence-corrected chi connectivity index (χ4v) is 3.71. The molecule has 1 aliphatic rings. The van der Waals surface area contributed by atoms with E-state index in [-0.39, 0.29) is 22.9 Å². The lowest BCUT2D eigenvalue weighted by molar-refractivity contribution is -0.144. The van der Waals surface area contributed by atoms with Gasteiger partial charge in [0.2, 0.25) is 10.9 Å². The van der Waals surface area contributed by atoms with Crippen LogP contribution in [-0.2, 0) is 24.1 Å². The molecule has 144 valence electrons. The quantitative estimate of drug-likeness (QED) is 0.799. The minimum absolute atomic E-state index is 0.0343. The summed E-state index contributed by atoms with van der Waals surface area (Å²) >= 11 is 0.754. The van der Waals surface area contributed by atoms with Gasteiger partial charge < -0.3 is 10.0 Å². The second-order valence-electron chi connectivity index (χ2n) is 5.92. The minimum atomic E-state index is -4.83. The summed E-state index contributed by atoms with van der Waals surface area (Å²) in [7, 11) is 0. The van der Waals surface area contributed by atoms with Gasteiger partial charge in [-0.2, -0.15) is 36.0 Å². The lowest BCUT2D eigenvalue weighted by atomic mass is 10.1. The van der Waals surface area contributed by atoms with Crippen LogP contribution < -0.4 is 0 Å². The van der Waals surface area contributed by atoms with Crippen LogP contribution in [0.15, 0.2) is 0 Å². The lowest BCUT2D eigenvalue weighted by Crippen LogP contribution is -2.27. The number of rotatable bonds is 4. The molecule has 0 saturated carbocycles. The van der Waals surface area contributed by atoms with Crippen LogP contribution in [0.3, 0.4) is 0 Å². The summed E-state index contributed by atoms with van der Waals surface area (Å²) < 4.78 is 78.1. The Morgan fingerprint density at radius 2 is 1.92 bits per heavy atom. The van der Waals surface area contributed by atoms with E-state index in [4.69, 9.17) is 5.11 Å². The molecule has 0 radical (unpaired) electrons. The molecular weight excluding hydrogens is 390 g/mol. The summed E-state index contributed by atoms with van der Waals surface area (Å²) in [6.07, 6.45) is -10.8. The van der Waals surface area contributed by atoms with Gasteiger partial charge in [0.25, 0.3) is 0 Å². The SMILES string of the molecule is O=C1C[C@H](CC(F)(F)F)CN1Cc1nc2sc(CO)nn2c1C(F)(F)F. The molecule has 3 heterocycles. The highest BCUT2D eigenvalue weighted by molar-refractivity contribution is 7.16. The molecule has 1 N–H and O–H groups in total. The number of nitrogens with zero attached hydrogens (tertiary/aromatic N) is 4. The molecule has 26 heavy (non-hydrogen) atoms. The highest BCUT2D eigenvalue weighted by atomic mass is 32.1. The van der Waals surface area contributed by atoms with Gasteiger partial charge in [0.15, 0.2) is 5.69 Å². The number of carbonyl (C=O) groups is 1. The van der Waals surface area contributed by atoms with Crippen molar-refractivity contribution >= 4 is 22.2 Å². The number of amides is 1. The summed E-state index contributed by atoms with van der Waals surface area (Å²) in [5.41, 5.74) is -1.68. The maximum Gasteiger partial charge on any atom is 0.435 e. The number of aliphatic hydroxyl groups is 1. The fourth-order valence-electron chi connectivity index (χ4n) is 2.94. The average Bonchev–Trinajstić information content (AvgIpc) is 3.08. The molecule has 3 rings (SSSR count). The number of imidazole rings is 1. The van der Waals surface area contributed by atoms with E-state index >= 15 is 0 Å². The molecular formula is C13H12F6N4O2S. The third-order valence-corrected chi connectivity index (χ3v) is 4.77. The summed E-state index contributed by atoms with van der Waals surface area (Å²) in [5.74, 6) is -1.63. The van der Waals surface area contributed by atoms with Crippen molar-refractivity contribution in [3.05, 3.63) is 16.4 Å². The van der Waals surface area contributed by atoms with Crippen LogP contribution in [0.4, 0.5) is 26.3 Å². The maximum absolute atomic E-state index is 13.4. The molecule has 1 aliphatic heterocycles. The van der Waals surface area contributed by atoms with Crippen LogP contribution >= 0.6 is 11.3 Å². The number of fused-ring (bicyclic) bond motifs is 1. The maximum atomic E-state index is 13.4. The molecule has 1 amide bonds. The van der Waals surface area contributed by atoms with Crippen molar-refractivity contribution in [1.29, 1.82) is 0 Å². The average molecular weight is 402 g/mol. The fraction of sp³-hybridized carbons (Fsp3) is 0.615. The second kappa shape index (κ2) is 6.37. The smallest absolute Gasteiger partial charge is 0.389 e. The number of halogens is 6. The Morgan fingerprint density at radius 1 is 1.23 bits per heavy atom. The van der Waals surface area contributed by atoms with Crippen molar-refractivity contribution in [3.63, 3.8) is 0 Å². The Labute approximate surface area is 146 Å². The van der Waals surface area contributed by atoms with Crippen molar-refractivity contribution in [2.75, 3.05) is 6.54 Å². The largest absolute Gasteiger partial charge is 0.435 e. The van der Waals surface area contributed by atoms with Gasteiger partial charge in [0.1, 0.15) is 5.01 Å². The van der Waals surface area contributed by atoms with Gasteiger partial charge in [-0.25, -0.2) is 4.98 Å². The van der Waals surface area contributed by atoms with E-state index in [1.807, 2.05) is 0 Å². The molecule has 1 fully saturated rings. The predicted molar refractivity (Wildman–Crippen MR) is 76.0 cm³/mol. The van der Waals surface area contributed by atoms with Gasteiger partial charge >= 0.3 is 12.4 Å². The molecule has 0 aromatic carbocycles. The van der Waals surface area contributed by atoms with Crippen molar-refractivity contribution in [3.8, 4) is 0 Å². The number of aromatic nitrogens is 3. The molecule has 0 spiro atoms. The molecule has 2 aromatic rings. The molecule has 1 saturated heterocycles. The van der Waals surface area contributed by atoms with Gasteiger partial charge in [0.05, 0.1) is 18.8 Å². The van der Waals surface area contributed by atoms with Gasteiger partial charge in [-0.15, -0.1) is 0 Å². The third kappa shape index (κ3) is 3.77. The predicted octanol–water partition coefficient (Wildman–Crippen LogP) is 2.60. The number of hydrogen-bond acceptors (Lipinski definition) is 5. The second-order valence-corrected chi connectivity index (χ2v) is 6.96. The zero-order valence-electron chi connectivity index (χ0n) is 12.9. The molecule has 0 aliphatic carbocycles. The van der Waals surface area contributed by atoms with Crippen LogP contribution in [0.5, 0.6) is 0 Å². The Balaban J connectivity index is 1.87. The summed E-state index contributed by atoms with van der Waals surface area (Å²) in [5, 5.41) is 12.6. The molecule has 0 unspecified atom stereocenters. The number of aliphatic hydroxyl groups excluding tert-OH is 1. The van der Waals surface area contributed by atoms with Crippen molar-refractivity contribution < 1.29 is 36.2 Å². The standard InChI is InChI=1S/C13H12F6N4O2S/c14-12(15,16)2-6-1-9(25)22(3-6)4-7-10(13(17,18)19)23-11(20-7)26-8(5-24)21-23/h6,24H,1-5H2/t6-/m1/s1. The number of likely N-dealkylation sites (tertiary alicyclic amines) is 1. The molecule has 2 aromatic heterocycles. The zero-order chi connectivity index (χ0) is 19.3. The molecule has 6 nitrogen and oxygen atoms in total. The first kappa shape index (κ1) is 18.9. The van der Waals surface area contributed by atoms with Crippen LogP contribution in [0.25, 0.3) is 4.96 Å². The van der Waals surface area contributed by atoms with E-state index in [9.17, 15) is 31.1 Å². The van der Waals surface area contributed by atoms with Crippen LogP contribution in [0.2, 0.25) is 0 Å². The molecule has 13 heteroatoms. The summed E-state index contributed by atoms with van der Waals surface area (Å²) in [6, 6.07) is 0. The van der Waals surface area contributed by atoms with E-state index in [2.05, 4.69) is 10.1 Å². The van der Waals surface area contributed by atoms with Crippen LogP contribution in [0, 0.1) is 5.92 Å². The van der Waals surface area contributed by atoms with Gasteiger partial charge in [0, 0.05) is 19.4 Å². The van der Waals surface area contributed by atoms with Crippen LogP contribution in [0.1, 0.15) is 29.2 Å². The highest BCUT2D eigenvalue weighted by Crippen LogP contribution is 2.36. The lowest BCUT2D eigenvalue weighted by Gasteiger charge is -2.17. The number of hydrogen-bond donors (Lipinski definition) is 1. The topological polar surface area (TPSA) is 70.7 Å². The zero-order valence-corrected chi connectivity index (χ0v) is 13.7. The number of carbonyl (C=O) groups excluding carboxylic acids is 1. The molecule has 1 atom stereocenters. The molecule has 0 bridgehead atoms. The summed E-state index contributed by atoms with van der Waals surface area (Å²) in [6.45, 7) is -1.38. The van der Waals surface area contributed by atoms with Gasteiger partial charge in [-0.1, -0.05) is 11.3 Å². The van der Waals surface area contributed by atoms with E-state index in [1.165, 1.54) is 0 Å². The van der Waals surface area contributed by atoms with Gasteiger partial charge in [-0.3, -0.25) is 4.79 Å². The third-order valence-electron chi connectivity index (χ3n) is 3.88. The van der Waals surface area contributed by atoms with Crippen molar-refractivity contribution in [2.24, 2.45) is 5.92 Å². The highest BCUT2D eigenvalue weighted by Gasteiger charge is 2.42. The van der Waals surface area contributed by atoms with Gasteiger partial charge in [-0.05, 0) is 5.92 Å². The van der Waals surface area contributed by atoms with E-state index in [0.717, 1.165) is 16.2 Å². The van der Waals surface area contributed by atoms with E-state index in [0.29, 0.717) is 4.52 Å². The monoisotopic (exact) mass is 402 g/mol. The first-order valence-corrected chi connectivity index (χ1v) is 8.19. The van der Waals surface area contributed by atoms with Crippen molar-refractivity contribution in [1.82, 2.24) is 19.5 Å². The van der Waals surface area contributed by atoms with E-state index in [1.54, 1.807) is 0 Å². The Hall–Kier alpha value is -1.89. The summed E-state index contributed by atoms with van der Waals surface area (Å²) in [4.78, 5) is 16.5.